The van der Waals surface area contributed by atoms with E-state index in [9.17, 15) is 0 Å². The van der Waals surface area contributed by atoms with Crippen LogP contribution in [0.1, 0.15) is 17.2 Å². The van der Waals surface area contributed by atoms with Crippen molar-refractivity contribution in [2.75, 3.05) is 19.3 Å². The van der Waals surface area contributed by atoms with Crippen molar-refractivity contribution in [3.63, 3.8) is 0 Å². The maximum Gasteiger partial charge on any atom is 0.0435 e. The summed E-state index contributed by atoms with van der Waals surface area (Å²) in [5.74, 6) is 0.910. The predicted molar refractivity (Wildman–Crippen MR) is 59.4 cm³/mol. The third-order valence-corrected chi connectivity index (χ3v) is 3.20. The summed E-state index contributed by atoms with van der Waals surface area (Å²) in [5, 5.41) is 0. The summed E-state index contributed by atoms with van der Waals surface area (Å²) in [6.45, 7) is 1.16. The van der Waals surface area contributed by atoms with Crippen molar-refractivity contribution in [3.05, 3.63) is 35.4 Å². The average Bonchev–Trinajstić information content (AvgIpc) is 2.18. The van der Waals surface area contributed by atoms with Gasteiger partial charge >= 0.3 is 0 Å². The van der Waals surface area contributed by atoms with Gasteiger partial charge in [0.2, 0.25) is 0 Å². The van der Waals surface area contributed by atoms with Crippen molar-refractivity contribution >= 4 is 12.6 Å². The summed E-state index contributed by atoms with van der Waals surface area (Å²) in [6.07, 6.45) is 1.18. The number of fused-ring (bicyclic) bond motifs is 1. The van der Waals surface area contributed by atoms with Gasteiger partial charge < -0.3 is 0 Å². The van der Waals surface area contributed by atoms with Crippen LogP contribution in [0.4, 0.5) is 0 Å². The molecule has 0 bridgehead atoms. The van der Waals surface area contributed by atoms with Crippen LogP contribution in [0.15, 0.2) is 24.3 Å². The van der Waals surface area contributed by atoms with Crippen molar-refractivity contribution in [2.45, 2.75) is 12.5 Å². The standard InChI is InChI=1S/C11H15NS/c1-12-7-6-9-4-2-3-5-10(9)11(12)8-13/h2-5,11,13H,6-8H2,1H3. The van der Waals surface area contributed by atoms with Gasteiger partial charge in [0.15, 0.2) is 0 Å². The lowest BCUT2D eigenvalue weighted by atomic mass is 9.94. The predicted octanol–water partition coefficient (Wildman–Crippen LogP) is 2.15. The summed E-state index contributed by atoms with van der Waals surface area (Å²) in [4.78, 5) is 2.38. The van der Waals surface area contributed by atoms with E-state index < -0.39 is 0 Å². The van der Waals surface area contributed by atoms with Gasteiger partial charge in [-0.3, -0.25) is 4.90 Å². The summed E-state index contributed by atoms with van der Waals surface area (Å²) < 4.78 is 0. The molecule has 0 amide bonds. The molecule has 1 aliphatic heterocycles. The number of rotatable bonds is 1. The average molecular weight is 193 g/mol. The highest BCUT2D eigenvalue weighted by molar-refractivity contribution is 7.80. The van der Waals surface area contributed by atoms with Crippen molar-refractivity contribution < 1.29 is 0 Å². The van der Waals surface area contributed by atoms with Gasteiger partial charge in [-0.2, -0.15) is 12.6 Å². The first-order chi connectivity index (χ1) is 6.33. The molecule has 1 atom stereocenters. The van der Waals surface area contributed by atoms with Crippen LogP contribution < -0.4 is 0 Å². The van der Waals surface area contributed by atoms with Crippen LogP contribution >= 0.6 is 12.6 Å². The molecule has 0 radical (unpaired) electrons. The highest BCUT2D eigenvalue weighted by Crippen LogP contribution is 2.28. The lowest BCUT2D eigenvalue weighted by Gasteiger charge is -2.33. The van der Waals surface area contributed by atoms with E-state index in [0.29, 0.717) is 6.04 Å². The Labute approximate surface area is 85.2 Å². The number of benzene rings is 1. The van der Waals surface area contributed by atoms with Crippen LogP contribution in [0.25, 0.3) is 0 Å². The van der Waals surface area contributed by atoms with E-state index in [1.54, 1.807) is 0 Å². The first kappa shape index (κ1) is 9.10. The van der Waals surface area contributed by atoms with Gasteiger partial charge in [-0.15, -0.1) is 0 Å². The fourth-order valence-corrected chi connectivity index (χ4v) is 2.49. The SMILES string of the molecule is CN1CCc2ccccc2C1CS. The van der Waals surface area contributed by atoms with Crippen molar-refractivity contribution in [2.24, 2.45) is 0 Å². The summed E-state index contributed by atoms with van der Waals surface area (Å²) >= 11 is 4.41. The molecule has 2 rings (SSSR count). The maximum absolute atomic E-state index is 4.41. The first-order valence-corrected chi connectivity index (χ1v) is 5.35. The minimum atomic E-state index is 0.508. The van der Waals surface area contributed by atoms with E-state index >= 15 is 0 Å². The molecule has 1 aromatic rings. The molecule has 0 fully saturated rings. The number of hydrogen-bond acceptors (Lipinski definition) is 2. The zero-order chi connectivity index (χ0) is 9.26. The molecule has 1 unspecified atom stereocenters. The topological polar surface area (TPSA) is 3.24 Å². The molecule has 0 spiro atoms. The van der Waals surface area contributed by atoms with Crippen LogP contribution in [-0.4, -0.2) is 24.2 Å². The molecule has 0 saturated carbocycles. The van der Waals surface area contributed by atoms with Crippen LogP contribution in [-0.2, 0) is 6.42 Å². The zero-order valence-electron chi connectivity index (χ0n) is 7.90. The highest BCUT2D eigenvalue weighted by Gasteiger charge is 2.22. The second-order valence-electron chi connectivity index (χ2n) is 3.63. The van der Waals surface area contributed by atoms with Crippen molar-refractivity contribution in [3.8, 4) is 0 Å². The Kier molecular flexibility index (Phi) is 2.61. The fourth-order valence-electron chi connectivity index (χ4n) is 2.01. The summed E-state index contributed by atoms with van der Waals surface area (Å²) in [6, 6.07) is 9.21. The molecular weight excluding hydrogens is 178 g/mol. The first-order valence-electron chi connectivity index (χ1n) is 4.72. The molecule has 70 valence electrons. The third kappa shape index (κ3) is 1.61. The van der Waals surface area contributed by atoms with Gasteiger partial charge in [0.1, 0.15) is 0 Å². The quantitative estimate of drug-likeness (QED) is 0.669. The largest absolute Gasteiger partial charge is 0.298 e. The van der Waals surface area contributed by atoms with E-state index in [1.807, 2.05) is 0 Å². The lowest BCUT2D eigenvalue weighted by Crippen LogP contribution is -2.33. The van der Waals surface area contributed by atoms with Crippen molar-refractivity contribution in [1.29, 1.82) is 0 Å². The van der Waals surface area contributed by atoms with Gasteiger partial charge in [-0.1, -0.05) is 24.3 Å². The minimum absolute atomic E-state index is 0.508. The Hall–Kier alpha value is -0.470. The number of thiol groups is 1. The van der Waals surface area contributed by atoms with Crippen LogP contribution in [0, 0.1) is 0 Å². The molecule has 1 aliphatic rings. The number of nitrogens with zero attached hydrogens (tertiary/aromatic N) is 1. The highest BCUT2D eigenvalue weighted by atomic mass is 32.1. The van der Waals surface area contributed by atoms with Crippen molar-refractivity contribution in [1.82, 2.24) is 4.90 Å². The zero-order valence-corrected chi connectivity index (χ0v) is 8.80. The Morgan fingerprint density at radius 1 is 1.46 bits per heavy atom. The Morgan fingerprint density at radius 2 is 2.23 bits per heavy atom. The Balaban J connectivity index is 2.39. The van der Waals surface area contributed by atoms with Gasteiger partial charge in [-0.05, 0) is 24.6 Å². The van der Waals surface area contributed by atoms with Crippen LogP contribution in [0.3, 0.4) is 0 Å². The number of likely N-dealkylation sites (N-methyl/N-ethyl adjacent to an activating group) is 1. The monoisotopic (exact) mass is 193 g/mol. The molecule has 1 heterocycles. The van der Waals surface area contributed by atoms with E-state index in [1.165, 1.54) is 17.5 Å². The van der Waals surface area contributed by atoms with Crippen LogP contribution in [0.2, 0.25) is 0 Å². The molecule has 2 heteroatoms. The third-order valence-electron chi connectivity index (χ3n) is 2.85. The van der Waals surface area contributed by atoms with E-state index in [4.69, 9.17) is 0 Å². The van der Waals surface area contributed by atoms with Gasteiger partial charge in [0.25, 0.3) is 0 Å². The summed E-state index contributed by atoms with van der Waals surface area (Å²) in [7, 11) is 2.18. The fraction of sp³-hybridized carbons (Fsp3) is 0.455. The molecule has 0 aliphatic carbocycles. The molecule has 0 saturated heterocycles. The normalized spacial score (nSPS) is 22.8. The smallest absolute Gasteiger partial charge is 0.0435 e. The van der Waals surface area contributed by atoms with Crippen LogP contribution in [0.5, 0.6) is 0 Å². The molecular formula is C11H15NS. The van der Waals surface area contributed by atoms with Gasteiger partial charge in [0.05, 0.1) is 0 Å². The molecule has 1 nitrogen and oxygen atoms in total. The van der Waals surface area contributed by atoms with E-state index in [2.05, 4.69) is 48.8 Å². The Bertz CT molecular complexity index is 298. The molecule has 1 aromatic carbocycles. The van der Waals surface area contributed by atoms with E-state index in [0.717, 1.165) is 12.3 Å². The van der Waals surface area contributed by atoms with Gasteiger partial charge in [0, 0.05) is 18.3 Å². The van der Waals surface area contributed by atoms with E-state index in [-0.39, 0.29) is 0 Å². The molecule has 0 N–H and O–H groups in total. The lowest BCUT2D eigenvalue weighted by molar-refractivity contribution is 0.252. The minimum Gasteiger partial charge on any atom is -0.298 e. The number of hydrogen-bond donors (Lipinski definition) is 1. The molecule has 0 aromatic heterocycles. The maximum atomic E-state index is 4.41. The molecule has 13 heavy (non-hydrogen) atoms. The summed E-state index contributed by atoms with van der Waals surface area (Å²) in [5.41, 5.74) is 2.96. The van der Waals surface area contributed by atoms with Gasteiger partial charge in [-0.25, -0.2) is 0 Å². The second-order valence-corrected chi connectivity index (χ2v) is 3.99. The Morgan fingerprint density at radius 3 is 3.00 bits per heavy atom. The second kappa shape index (κ2) is 3.72.